The van der Waals surface area contributed by atoms with Gasteiger partial charge >= 0.3 is 0 Å². The van der Waals surface area contributed by atoms with Crippen LogP contribution in [0.5, 0.6) is 0 Å². The quantitative estimate of drug-likeness (QED) is 0.583. The summed E-state index contributed by atoms with van der Waals surface area (Å²) >= 11 is 0. The summed E-state index contributed by atoms with van der Waals surface area (Å²) < 4.78 is 16.4. The third kappa shape index (κ3) is 5.36. The predicted octanol–water partition coefficient (Wildman–Crippen LogP) is 2.73. The highest BCUT2D eigenvalue weighted by Crippen LogP contribution is 2.13. The first kappa shape index (κ1) is 18.5. The van der Waals surface area contributed by atoms with Crippen molar-refractivity contribution >= 4 is 5.96 Å². The molecule has 7 heteroatoms. The number of hydrogen-bond donors (Lipinski definition) is 2. The summed E-state index contributed by atoms with van der Waals surface area (Å²) in [6.07, 6.45) is 6.23. The van der Waals surface area contributed by atoms with Gasteiger partial charge in [-0.3, -0.25) is 0 Å². The zero-order valence-electron chi connectivity index (χ0n) is 15.6. The van der Waals surface area contributed by atoms with Crippen LogP contribution in [0.3, 0.4) is 0 Å². The van der Waals surface area contributed by atoms with Crippen molar-refractivity contribution in [2.24, 2.45) is 4.99 Å². The molecule has 0 spiro atoms. The second kappa shape index (κ2) is 9.43. The van der Waals surface area contributed by atoms with Crippen LogP contribution in [-0.2, 0) is 17.7 Å². The van der Waals surface area contributed by atoms with Gasteiger partial charge in [0.1, 0.15) is 11.5 Å². The Labute approximate surface area is 154 Å². The van der Waals surface area contributed by atoms with Crippen LogP contribution in [0, 0.1) is 13.8 Å². The number of furan rings is 1. The zero-order valence-corrected chi connectivity index (χ0v) is 15.6. The molecule has 3 rings (SSSR count). The van der Waals surface area contributed by atoms with E-state index in [4.69, 9.17) is 18.7 Å². The minimum atomic E-state index is 0.250. The van der Waals surface area contributed by atoms with Crippen LogP contribution in [0.2, 0.25) is 0 Å². The largest absolute Gasteiger partial charge is 0.469 e. The predicted molar refractivity (Wildman–Crippen MR) is 99.1 cm³/mol. The highest BCUT2D eigenvalue weighted by Gasteiger charge is 2.14. The van der Waals surface area contributed by atoms with Crippen molar-refractivity contribution < 1.29 is 13.7 Å². The van der Waals surface area contributed by atoms with Gasteiger partial charge in [-0.1, -0.05) is 5.16 Å². The maximum Gasteiger partial charge on any atom is 0.191 e. The van der Waals surface area contributed by atoms with Crippen LogP contribution in [0.1, 0.15) is 42.0 Å². The van der Waals surface area contributed by atoms with Crippen LogP contribution < -0.4 is 10.6 Å². The molecule has 1 atom stereocenters. The highest BCUT2D eigenvalue weighted by atomic mass is 16.5. The van der Waals surface area contributed by atoms with E-state index >= 15 is 0 Å². The van der Waals surface area contributed by atoms with E-state index in [1.54, 1.807) is 6.26 Å². The Hall–Kier alpha value is -2.28. The Kier molecular flexibility index (Phi) is 6.71. The average Bonchev–Trinajstić information content (AvgIpc) is 3.28. The maximum atomic E-state index is 5.80. The molecule has 2 aromatic rings. The van der Waals surface area contributed by atoms with Crippen molar-refractivity contribution in [1.82, 2.24) is 15.8 Å². The topological polar surface area (TPSA) is 84.8 Å². The number of aliphatic imine (C=N–C) groups is 1. The van der Waals surface area contributed by atoms with Gasteiger partial charge < -0.3 is 24.3 Å². The zero-order chi connectivity index (χ0) is 18.2. The lowest BCUT2D eigenvalue weighted by molar-refractivity contribution is 0.0194. The molecule has 0 radical (unpaired) electrons. The molecule has 0 aliphatic carbocycles. The molecule has 0 amide bonds. The van der Waals surface area contributed by atoms with E-state index in [0.29, 0.717) is 6.54 Å². The van der Waals surface area contributed by atoms with Crippen LogP contribution in [0.25, 0.3) is 0 Å². The summed E-state index contributed by atoms with van der Waals surface area (Å²) in [5.74, 6) is 2.54. The smallest absolute Gasteiger partial charge is 0.191 e. The third-order valence-electron chi connectivity index (χ3n) is 4.59. The highest BCUT2D eigenvalue weighted by molar-refractivity contribution is 5.79. The van der Waals surface area contributed by atoms with Crippen molar-refractivity contribution in [3.8, 4) is 0 Å². The van der Waals surface area contributed by atoms with Crippen molar-refractivity contribution in [3.63, 3.8) is 0 Å². The van der Waals surface area contributed by atoms with E-state index in [-0.39, 0.29) is 6.10 Å². The number of aryl methyl sites for hydroxylation is 2. The molecule has 1 aliphatic heterocycles. The molecule has 3 heterocycles. The van der Waals surface area contributed by atoms with Crippen LogP contribution in [0.4, 0.5) is 0 Å². The molecule has 7 nitrogen and oxygen atoms in total. The molecule has 0 bridgehead atoms. The van der Waals surface area contributed by atoms with E-state index in [2.05, 4.69) is 15.8 Å². The van der Waals surface area contributed by atoms with Gasteiger partial charge in [-0.2, -0.15) is 0 Å². The Balaban J connectivity index is 1.56. The molecule has 142 valence electrons. The van der Waals surface area contributed by atoms with Crippen molar-refractivity contribution in [2.75, 3.05) is 19.7 Å². The number of rotatable bonds is 7. The number of guanidine groups is 1. The minimum Gasteiger partial charge on any atom is -0.469 e. The summed E-state index contributed by atoms with van der Waals surface area (Å²) in [6.45, 7) is 6.74. The minimum absolute atomic E-state index is 0.250. The maximum absolute atomic E-state index is 5.80. The lowest BCUT2D eigenvalue weighted by atomic mass is 10.1. The number of ether oxygens (including phenoxy) is 1. The number of nitrogens with zero attached hydrogens (tertiary/aromatic N) is 2. The fourth-order valence-corrected chi connectivity index (χ4v) is 3.00. The van der Waals surface area contributed by atoms with Gasteiger partial charge in [-0.15, -0.1) is 0 Å². The molecule has 1 saturated heterocycles. The van der Waals surface area contributed by atoms with Gasteiger partial charge in [0.25, 0.3) is 0 Å². The Bertz CT molecular complexity index is 668. The third-order valence-corrected chi connectivity index (χ3v) is 4.59. The summed E-state index contributed by atoms with van der Waals surface area (Å²) in [6, 6.07) is 3.88. The molecule has 1 unspecified atom stereocenters. The summed E-state index contributed by atoms with van der Waals surface area (Å²) in [7, 11) is 0. The van der Waals surface area contributed by atoms with Gasteiger partial charge in [-0.25, -0.2) is 4.99 Å². The summed E-state index contributed by atoms with van der Waals surface area (Å²) in [5.41, 5.74) is 1.92. The molecule has 1 fully saturated rings. The first-order chi connectivity index (χ1) is 12.7. The number of hydrogen-bond acceptors (Lipinski definition) is 5. The summed E-state index contributed by atoms with van der Waals surface area (Å²) in [4.78, 5) is 4.70. The molecular weight excluding hydrogens is 332 g/mol. The lowest BCUT2D eigenvalue weighted by Crippen LogP contribution is -2.43. The molecule has 26 heavy (non-hydrogen) atoms. The monoisotopic (exact) mass is 360 g/mol. The lowest BCUT2D eigenvalue weighted by Gasteiger charge is -2.23. The van der Waals surface area contributed by atoms with Gasteiger partial charge in [-0.05, 0) is 45.2 Å². The Morgan fingerprint density at radius 2 is 2.23 bits per heavy atom. The Morgan fingerprint density at radius 1 is 1.31 bits per heavy atom. The van der Waals surface area contributed by atoms with E-state index < -0.39 is 0 Å². The van der Waals surface area contributed by atoms with E-state index in [1.807, 2.05) is 26.0 Å². The fraction of sp³-hybridized carbons (Fsp3) is 0.579. The molecule has 2 aromatic heterocycles. The standard InChI is InChI=1S/C19H28N4O3/c1-14-18(15(2)26-23-14)13-22-19(20-9-8-16-7-5-11-24-16)21-12-17-6-3-4-10-25-17/h5,7,11,17H,3-4,6,8-10,12-13H2,1-2H3,(H2,20,21,22). The van der Waals surface area contributed by atoms with Gasteiger partial charge in [0.05, 0.1) is 24.6 Å². The summed E-state index contributed by atoms with van der Waals surface area (Å²) in [5, 5.41) is 10.8. The molecular formula is C19H28N4O3. The molecule has 0 saturated carbocycles. The van der Waals surface area contributed by atoms with E-state index in [1.165, 1.54) is 6.42 Å². The van der Waals surface area contributed by atoms with E-state index in [0.717, 1.165) is 67.7 Å². The van der Waals surface area contributed by atoms with Crippen molar-refractivity contribution in [1.29, 1.82) is 0 Å². The SMILES string of the molecule is Cc1noc(C)c1CN=C(NCCc1ccco1)NCC1CCCCO1. The van der Waals surface area contributed by atoms with Gasteiger partial charge in [0.2, 0.25) is 0 Å². The average molecular weight is 360 g/mol. The van der Waals surface area contributed by atoms with E-state index in [9.17, 15) is 0 Å². The van der Waals surface area contributed by atoms with Crippen LogP contribution in [0.15, 0.2) is 32.3 Å². The van der Waals surface area contributed by atoms with Crippen LogP contribution in [-0.4, -0.2) is 36.9 Å². The van der Waals surface area contributed by atoms with Gasteiger partial charge in [0.15, 0.2) is 5.96 Å². The fourth-order valence-electron chi connectivity index (χ4n) is 3.00. The molecule has 0 aromatic carbocycles. The second-order valence-electron chi connectivity index (χ2n) is 6.59. The first-order valence-corrected chi connectivity index (χ1v) is 9.30. The Morgan fingerprint density at radius 3 is 2.92 bits per heavy atom. The molecule has 2 N–H and O–H groups in total. The van der Waals surface area contributed by atoms with Crippen molar-refractivity contribution in [2.45, 2.75) is 52.2 Å². The van der Waals surface area contributed by atoms with Crippen LogP contribution >= 0.6 is 0 Å². The number of aromatic nitrogens is 1. The first-order valence-electron chi connectivity index (χ1n) is 9.30. The van der Waals surface area contributed by atoms with Crippen molar-refractivity contribution in [3.05, 3.63) is 41.2 Å². The normalized spacial score (nSPS) is 18.1. The van der Waals surface area contributed by atoms with Gasteiger partial charge in [0, 0.05) is 31.7 Å². The molecule has 1 aliphatic rings. The second-order valence-corrected chi connectivity index (χ2v) is 6.59. The number of nitrogens with one attached hydrogen (secondary N) is 2.